The summed E-state index contributed by atoms with van der Waals surface area (Å²) in [5.74, 6) is 1.58. The topological polar surface area (TPSA) is 99.6 Å². The maximum absolute atomic E-state index is 11.8. The molecule has 0 aromatic carbocycles. The predicted molar refractivity (Wildman–Crippen MR) is 82.3 cm³/mol. The average Bonchev–Trinajstić information content (AvgIpc) is 2.79. The number of aromatic nitrogens is 2. The molecule has 0 aliphatic heterocycles. The Labute approximate surface area is 123 Å². The van der Waals surface area contributed by atoms with E-state index < -0.39 is 7.60 Å². The van der Waals surface area contributed by atoms with Crippen molar-refractivity contribution < 1.29 is 14.0 Å². The fourth-order valence-electron chi connectivity index (χ4n) is 1.48. The molecule has 0 aliphatic rings. The summed E-state index contributed by atoms with van der Waals surface area (Å²) in [5.41, 5.74) is 2.11. The summed E-state index contributed by atoms with van der Waals surface area (Å²) >= 11 is 1.69. The van der Waals surface area contributed by atoms with Crippen LogP contribution in [0.3, 0.4) is 0 Å². The number of amidine groups is 1. The number of aliphatic imine (C=N–C) groups is 1. The Morgan fingerprint density at radius 2 is 2.45 bits per heavy atom. The lowest BCUT2D eigenvalue weighted by Gasteiger charge is -2.14. The number of H-pyrrole nitrogens is 1. The molecule has 0 fully saturated rings. The van der Waals surface area contributed by atoms with Gasteiger partial charge in [0.2, 0.25) is 5.58 Å². The Morgan fingerprint density at radius 3 is 3.00 bits per heavy atom. The highest BCUT2D eigenvalue weighted by Gasteiger charge is 2.26. The van der Waals surface area contributed by atoms with Gasteiger partial charge in [0, 0.05) is 30.8 Å². The van der Waals surface area contributed by atoms with Gasteiger partial charge in [-0.15, -0.1) is 0 Å². The van der Waals surface area contributed by atoms with E-state index in [0.29, 0.717) is 6.54 Å². The quantitative estimate of drug-likeness (QED) is 0.292. The monoisotopic (exact) mass is 320 g/mol. The van der Waals surface area contributed by atoms with Crippen molar-refractivity contribution in [2.24, 2.45) is 4.99 Å². The van der Waals surface area contributed by atoms with Crippen LogP contribution in [-0.2, 0) is 14.8 Å². The zero-order valence-corrected chi connectivity index (χ0v) is 13.6. The molecule has 0 spiro atoms. The number of hydrogen-bond acceptors (Lipinski definition) is 5. The van der Waals surface area contributed by atoms with Gasteiger partial charge in [0.1, 0.15) is 0 Å². The van der Waals surface area contributed by atoms with E-state index in [4.69, 9.17) is 4.52 Å². The van der Waals surface area contributed by atoms with Crippen LogP contribution in [-0.4, -0.2) is 46.4 Å². The van der Waals surface area contributed by atoms with Crippen molar-refractivity contribution in [2.75, 3.05) is 26.0 Å². The maximum Gasteiger partial charge on any atom is 0.393 e. The van der Waals surface area contributed by atoms with Crippen molar-refractivity contribution in [3.8, 4) is 0 Å². The molecule has 0 amide bonds. The highest BCUT2D eigenvalue weighted by Crippen LogP contribution is 2.42. The largest absolute Gasteiger partial charge is 0.393 e. The highest BCUT2D eigenvalue weighted by atomic mass is 32.2. The van der Waals surface area contributed by atoms with Gasteiger partial charge in [-0.2, -0.15) is 11.8 Å². The van der Waals surface area contributed by atoms with Gasteiger partial charge < -0.3 is 19.7 Å². The van der Waals surface area contributed by atoms with Gasteiger partial charge in [-0.3, -0.25) is 9.56 Å². The van der Waals surface area contributed by atoms with Gasteiger partial charge in [0.15, 0.2) is 0 Å². The molecule has 0 bridgehead atoms. The fraction of sp³-hybridized carbons (Fsp3) is 0.636. The minimum absolute atomic E-state index is 0.0101. The Morgan fingerprint density at radius 1 is 1.70 bits per heavy atom. The van der Waals surface area contributed by atoms with E-state index in [2.05, 4.69) is 20.3 Å². The summed E-state index contributed by atoms with van der Waals surface area (Å²) in [4.78, 5) is 20.6. The van der Waals surface area contributed by atoms with Crippen molar-refractivity contribution >= 4 is 24.9 Å². The molecule has 9 heteroatoms. The van der Waals surface area contributed by atoms with Crippen LogP contribution in [0, 0.1) is 6.92 Å². The van der Waals surface area contributed by atoms with Gasteiger partial charge in [0.05, 0.1) is 18.6 Å². The lowest BCUT2D eigenvalue weighted by Crippen LogP contribution is -2.26. The zero-order valence-electron chi connectivity index (χ0n) is 11.9. The Kier molecular flexibility index (Phi) is 7.29. The van der Waals surface area contributed by atoms with Crippen LogP contribution >= 0.6 is 19.4 Å². The second-order valence-corrected chi connectivity index (χ2v) is 6.77. The molecule has 0 saturated heterocycles. The summed E-state index contributed by atoms with van der Waals surface area (Å²) in [6, 6.07) is 0. The number of hydrogen-bond donors (Lipinski definition) is 3. The molecule has 0 aliphatic carbocycles. The molecule has 20 heavy (non-hydrogen) atoms. The number of thioether (sulfide) groups is 1. The zero-order chi connectivity index (χ0) is 15.0. The number of nitrogens with one attached hydrogen (secondary N) is 2. The first-order valence-electron chi connectivity index (χ1n) is 6.26. The molecule has 0 saturated carbocycles. The Hall–Kier alpha value is -0.820. The number of aromatic amines is 1. The number of nitrogens with zero attached hydrogens (tertiary/aromatic N) is 2. The molecule has 1 aromatic heterocycles. The SMILES string of the molecule is CCOP(=O)(O)C(=NC)NCCSCc1nc[nH]c1C. The molecular weight excluding hydrogens is 299 g/mol. The normalized spacial score (nSPS) is 15.1. The van der Waals surface area contributed by atoms with Crippen molar-refractivity contribution in [1.29, 1.82) is 0 Å². The van der Waals surface area contributed by atoms with E-state index in [0.717, 1.165) is 22.9 Å². The second kappa shape index (κ2) is 8.46. The fourth-order valence-corrected chi connectivity index (χ4v) is 3.39. The third kappa shape index (κ3) is 5.28. The van der Waals surface area contributed by atoms with Crippen LogP contribution in [0.2, 0.25) is 0 Å². The molecule has 114 valence electrons. The standard InChI is InChI=1S/C11H21N4O3PS/c1-4-18-19(16,17)11(12-3)13-5-6-20-7-10-9(2)14-8-15-10/h8H,4-7H2,1-3H3,(H,12,13)(H,14,15)(H,16,17). The maximum atomic E-state index is 11.8. The van der Waals surface area contributed by atoms with E-state index in [9.17, 15) is 9.46 Å². The second-order valence-electron chi connectivity index (χ2n) is 3.94. The number of imidazole rings is 1. The summed E-state index contributed by atoms with van der Waals surface area (Å²) in [7, 11) is -2.33. The van der Waals surface area contributed by atoms with Gasteiger partial charge in [0.25, 0.3) is 0 Å². The summed E-state index contributed by atoms with van der Waals surface area (Å²) in [5, 5.41) is 2.85. The van der Waals surface area contributed by atoms with Crippen molar-refractivity contribution in [3.63, 3.8) is 0 Å². The van der Waals surface area contributed by atoms with Crippen molar-refractivity contribution in [1.82, 2.24) is 15.3 Å². The molecule has 1 atom stereocenters. The minimum atomic E-state index is -3.80. The third-order valence-corrected chi connectivity index (χ3v) is 4.96. The predicted octanol–water partition coefficient (Wildman–Crippen LogP) is 1.75. The van der Waals surface area contributed by atoms with Crippen LogP contribution in [0.15, 0.2) is 11.3 Å². The first-order valence-corrected chi connectivity index (χ1v) is 8.99. The highest BCUT2D eigenvalue weighted by molar-refractivity contribution is 7.98. The Bertz CT molecular complexity index is 492. The van der Waals surface area contributed by atoms with Crippen LogP contribution in [0.5, 0.6) is 0 Å². The number of aryl methyl sites for hydroxylation is 1. The van der Waals surface area contributed by atoms with Gasteiger partial charge >= 0.3 is 7.60 Å². The van der Waals surface area contributed by atoms with E-state index in [1.54, 1.807) is 25.0 Å². The molecule has 3 N–H and O–H groups in total. The third-order valence-electron chi connectivity index (χ3n) is 2.49. The summed E-state index contributed by atoms with van der Waals surface area (Å²) in [6.07, 6.45) is 1.68. The molecule has 1 heterocycles. The van der Waals surface area contributed by atoms with E-state index >= 15 is 0 Å². The van der Waals surface area contributed by atoms with Crippen molar-refractivity contribution in [3.05, 3.63) is 17.7 Å². The molecule has 1 aromatic rings. The smallest absolute Gasteiger partial charge is 0.363 e. The van der Waals surface area contributed by atoms with Crippen LogP contribution in [0.4, 0.5) is 0 Å². The first-order chi connectivity index (χ1) is 9.51. The van der Waals surface area contributed by atoms with Gasteiger partial charge in [-0.1, -0.05) is 0 Å². The summed E-state index contributed by atoms with van der Waals surface area (Å²) in [6.45, 7) is 4.35. The molecule has 1 rings (SSSR count). The average molecular weight is 320 g/mol. The first kappa shape index (κ1) is 17.2. The lowest BCUT2D eigenvalue weighted by atomic mass is 10.4. The summed E-state index contributed by atoms with van der Waals surface area (Å²) < 4.78 is 16.6. The molecular formula is C11H21N4O3PS. The van der Waals surface area contributed by atoms with Gasteiger partial charge in [-0.05, 0) is 13.8 Å². The van der Waals surface area contributed by atoms with Gasteiger partial charge in [-0.25, -0.2) is 4.98 Å². The van der Waals surface area contributed by atoms with Crippen LogP contribution in [0.1, 0.15) is 18.3 Å². The van der Waals surface area contributed by atoms with E-state index in [1.165, 1.54) is 7.05 Å². The van der Waals surface area contributed by atoms with Crippen molar-refractivity contribution in [2.45, 2.75) is 19.6 Å². The number of rotatable bonds is 8. The van der Waals surface area contributed by atoms with E-state index in [1.807, 2.05) is 6.92 Å². The molecule has 7 nitrogen and oxygen atoms in total. The minimum Gasteiger partial charge on any atom is -0.363 e. The van der Waals surface area contributed by atoms with E-state index in [-0.39, 0.29) is 12.2 Å². The van der Waals surface area contributed by atoms with Crippen LogP contribution < -0.4 is 5.32 Å². The molecule has 1 unspecified atom stereocenters. The molecule has 0 radical (unpaired) electrons. The Balaban J connectivity index is 2.29. The lowest BCUT2D eigenvalue weighted by molar-refractivity contribution is 0.285. The van der Waals surface area contributed by atoms with Crippen LogP contribution in [0.25, 0.3) is 0 Å².